The molecule has 1 aliphatic heterocycles. The van der Waals surface area contributed by atoms with Gasteiger partial charge in [0.25, 0.3) is 0 Å². The normalized spacial score (nSPS) is 24.5. The molecule has 24 heavy (non-hydrogen) atoms. The number of aliphatic hydroxyl groups is 1. The fraction of sp³-hybridized carbons (Fsp3) is 0.611. The van der Waals surface area contributed by atoms with Crippen LogP contribution in [0.2, 0.25) is 0 Å². The number of hydrogen-bond acceptors (Lipinski definition) is 4. The van der Waals surface area contributed by atoms with Crippen molar-refractivity contribution < 1.29 is 18.3 Å². The van der Waals surface area contributed by atoms with Crippen LogP contribution in [0.15, 0.2) is 24.3 Å². The van der Waals surface area contributed by atoms with E-state index in [1.54, 1.807) is 6.92 Å². The molecule has 0 spiro atoms. The minimum absolute atomic E-state index is 0.0547. The van der Waals surface area contributed by atoms with Gasteiger partial charge in [0.2, 0.25) is 5.91 Å². The van der Waals surface area contributed by atoms with E-state index in [1.165, 1.54) is 5.56 Å². The summed E-state index contributed by atoms with van der Waals surface area (Å²) in [5.74, 6) is -0.0118. The van der Waals surface area contributed by atoms with Crippen LogP contribution in [0.1, 0.15) is 56.7 Å². The van der Waals surface area contributed by atoms with E-state index in [0.717, 1.165) is 5.56 Å². The van der Waals surface area contributed by atoms with Crippen LogP contribution in [0.3, 0.4) is 0 Å². The molecule has 0 bridgehead atoms. The highest BCUT2D eigenvalue weighted by Gasteiger charge is 2.34. The van der Waals surface area contributed by atoms with E-state index in [4.69, 9.17) is 0 Å². The Bertz CT molecular complexity index is 667. The number of rotatable bonds is 5. The molecule has 1 aromatic rings. The van der Waals surface area contributed by atoms with E-state index in [2.05, 4.69) is 19.2 Å². The molecule has 1 heterocycles. The molecular formula is C18H27NO4S. The van der Waals surface area contributed by atoms with E-state index in [-0.39, 0.29) is 24.2 Å². The third-order valence-corrected chi connectivity index (χ3v) is 7.08. The summed E-state index contributed by atoms with van der Waals surface area (Å²) in [7, 11) is -3.06. The zero-order chi connectivity index (χ0) is 17.9. The maximum Gasteiger partial charge on any atom is 0.223 e. The first-order chi connectivity index (χ1) is 11.2. The van der Waals surface area contributed by atoms with Gasteiger partial charge >= 0.3 is 0 Å². The SMILES string of the molecule is CC(C)c1ccc(C(CO)NC(=O)C2CCS(=O)(=O)C(C)C2)cc1. The number of carbonyl (C=O) groups is 1. The lowest BCUT2D eigenvalue weighted by molar-refractivity contribution is -0.126. The van der Waals surface area contributed by atoms with E-state index in [1.807, 2.05) is 24.3 Å². The number of nitrogens with one attached hydrogen (secondary N) is 1. The van der Waals surface area contributed by atoms with Crippen LogP contribution in [-0.2, 0) is 14.6 Å². The van der Waals surface area contributed by atoms with Gasteiger partial charge < -0.3 is 10.4 Å². The molecule has 0 radical (unpaired) electrons. The van der Waals surface area contributed by atoms with Crippen LogP contribution in [0.25, 0.3) is 0 Å². The largest absolute Gasteiger partial charge is 0.394 e. The molecule has 1 fully saturated rings. The molecule has 2 N–H and O–H groups in total. The Balaban J connectivity index is 2.03. The number of sulfone groups is 1. The highest BCUT2D eigenvalue weighted by Crippen LogP contribution is 2.26. The predicted octanol–water partition coefficient (Wildman–Crippen LogP) is 2.17. The molecule has 0 aliphatic carbocycles. The number of aliphatic hydroxyl groups excluding tert-OH is 1. The quantitative estimate of drug-likeness (QED) is 0.850. The molecule has 2 rings (SSSR count). The van der Waals surface area contributed by atoms with E-state index < -0.39 is 21.1 Å². The Kier molecular flexibility index (Phi) is 6.04. The highest BCUT2D eigenvalue weighted by atomic mass is 32.2. The van der Waals surface area contributed by atoms with Crippen molar-refractivity contribution in [1.82, 2.24) is 5.32 Å². The lowest BCUT2D eigenvalue weighted by Gasteiger charge is -2.28. The van der Waals surface area contributed by atoms with Crippen LogP contribution < -0.4 is 5.32 Å². The van der Waals surface area contributed by atoms with E-state index >= 15 is 0 Å². The van der Waals surface area contributed by atoms with Gasteiger partial charge in [0.1, 0.15) is 0 Å². The molecule has 134 valence electrons. The topological polar surface area (TPSA) is 83.5 Å². The third kappa shape index (κ3) is 4.36. The molecular weight excluding hydrogens is 326 g/mol. The first-order valence-corrected chi connectivity index (χ1v) is 10.2. The summed E-state index contributed by atoms with van der Waals surface area (Å²) >= 11 is 0. The first kappa shape index (κ1) is 18.9. The van der Waals surface area contributed by atoms with Crippen LogP contribution in [-0.4, -0.2) is 37.0 Å². The van der Waals surface area contributed by atoms with Gasteiger partial charge in [-0.1, -0.05) is 38.1 Å². The van der Waals surface area contributed by atoms with Gasteiger partial charge in [-0.25, -0.2) is 8.42 Å². The Morgan fingerprint density at radius 2 is 1.83 bits per heavy atom. The molecule has 0 saturated carbocycles. The van der Waals surface area contributed by atoms with Crippen molar-refractivity contribution in [2.24, 2.45) is 5.92 Å². The summed E-state index contributed by atoms with van der Waals surface area (Å²) in [6, 6.07) is 7.39. The summed E-state index contributed by atoms with van der Waals surface area (Å²) in [5.41, 5.74) is 2.06. The van der Waals surface area contributed by atoms with Crippen molar-refractivity contribution in [3.05, 3.63) is 35.4 Å². The number of benzene rings is 1. The lowest BCUT2D eigenvalue weighted by atomic mass is 9.96. The molecule has 1 aromatic carbocycles. The van der Waals surface area contributed by atoms with E-state index in [9.17, 15) is 18.3 Å². The predicted molar refractivity (Wildman–Crippen MR) is 94.5 cm³/mol. The van der Waals surface area contributed by atoms with Crippen LogP contribution >= 0.6 is 0 Å². The van der Waals surface area contributed by atoms with E-state index in [0.29, 0.717) is 18.8 Å². The molecule has 3 unspecified atom stereocenters. The molecule has 1 saturated heterocycles. The molecule has 1 aliphatic rings. The second kappa shape index (κ2) is 7.66. The molecule has 1 amide bonds. The smallest absolute Gasteiger partial charge is 0.223 e. The Morgan fingerprint density at radius 3 is 2.33 bits per heavy atom. The Hall–Kier alpha value is -1.40. The van der Waals surface area contributed by atoms with Gasteiger partial charge in [0.15, 0.2) is 9.84 Å². The number of amides is 1. The van der Waals surface area contributed by atoms with Gasteiger partial charge in [0, 0.05) is 5.92 Å². The summed E-state index contributed by atoms with van der Waals surface area (Å²) in [6.07, 6.45) is 0.696. The zero-order valence-electron chi connectivity index (χ0n) is 14.5. The van der Waals surface area contributed by atoms with Crippen molar-refractivity contribution in [3.8, 4) is 0 Å². The van der Waals surface area contributed by atoms with Crippen molar-refractivity contribution in [3.63, 3.8) is 0 Å². The monoisotopic (exact) mass is 353 g/mol. The fourth-order valence-corrected chi connectivity index (χ4v) is 4.59. The zero-order valence-corrected chi connectivity index (χ0v) is 15.3. The standard InChI is InChI=1S/C18H27NO4S/c1-12(2)14-4-6-15(7-5-14)17(11-20)19-18(21)16-8-9-24(22,23)13(3)10-16/h4-7,12-13,16-17,20H,8-11H2,1-3H3,(H,19,21). The molecule has 5 nitrogen and oxygen atoms in total. The fourth-order valence-electron chi connectivity index (χ4n) is 3.05. The molecule has 0 aromatic heterocycles. The van der Waals surface area contributed by atoms with Gasteiger partial charge in [-0.3, -0.25) is 4.79 Å². The van der Waals surface area contributed by atoms with Crippen molar-refractivity contribution in [2.75, 3.05) is 12.4 Å². The van der Waals surface area contributed by atoms with Crippen molar-refractivity contribution >= 4 is 15.7 Å². The highest BCUT2D eigenvalue weighted by molar-refractivity contribution is 7.92. The second-order valence-electron chi connectivity index (χ2n) is 6.96. The minimum Gasteiger partial charge on any atom is -0.394 e. The van der Waals surface area contributed by atoms with Crippen LogP contribution in [0.4, 0.5) is 0 Å². The summed E-state index contributed by atoms with van der Waals surface area (Å²) in [6.45, 7) is 5.69. The minimum atomic E-state index is -3.06. The number of hydrogen-bond donors (Lipinski definition) is 2. The van der Waals surface area contributed by atoms with Crippen molar-refractivity contribution in [1.29, 1.82) is 0 Å². The van der Waals surface area contributed by atoms with Gasteiger partial charge in [-0.2, -0.15) is 0 Å². The Morgan fingerprint density at radius 1 is 1.25 bits per heavy atom. The summed E-state index contributed by atoms with van der Waals surface area (Å²) in [4.78, 5) is 12.5. The van der Waals surface area contributed by atoms with Crippen LogP contribution in [0.5, 0.6) is 0 Å². The van der Waals surface area contributed by atoms with Crippen molar-refractivity contribution in [2.45, 2.75) is 50.8 Å². The molecule has 6 heteroatoms. The van der Waals surface area contributed by atoms with Crippen LogP contribution in [0, 0.1) is 5.92 Å². The summed E-state index contributed by atoms with van der Waals surface area (Å²) < 4.78 is 23.5. The average Bonchev–Trinajstić information content (AvgIpc) is 2.55. The third-order valence-electron chi connectivity index (χ3n) is 4.86. The average molecular weight is 353 g/mol. The maximum absolute atomic E-state index is 12.5. The molecule has 3 atom stereocenters. The van der Waals surface area contributed by atoms with Gasteiger partial charge in [-0.05, 0) is 36.8 Å². The lowest BCUT2D eigenvalue weighted by Crippen LogP contribution is -2.41. The van der Waals surface area contributed by atoms with Gasteiger partial charge in [-0.15, -0.1) is 0 Å². The summed E-state index contributed by atoms with van der Waals surface area (Å²) in [5, 5.41) is 12.0. The second-order valence-corrected chi connectivity index (χ2v) is 9.50. The Labute approximate surface area is 144 Å². The van der Waals surface area contributed by atoms with Gasteiger partial charge in [0.05, 0.1) is 23.7 Å². The number of carbonyl (C=O) groups excluding carboxylic acids is 1. The first-order valence-electron chi connectivity index (χ1n) is 8.47. The maximum atomic E-state index is 12.5.